The minimum atomic E-state index is 0.321. The normalized spacial score (nSPS) is 24.8. The second-order valence-electron chi connectivity index (χ2n) is 5.27. The molecule has 2 fully saturated rings. The van der Waals surface area contributed by atoms with Crippen LogP contribution in [0.15, 0.2) is 0 Å². The topological polar surface area (TPSA) is 35.6 Å². The molecular weight excluding hydrogens is 214 g/mol. The third-order valence-corrected chi connectivity index (χ3v) is 3.93. The monoisotopic (exact) mass is 239 g/mol. The Morgan fingerprint density at radius 3 is 2.76 bits per heavy atom. The highest BCUT2D eigenvalue weighted by Crippen LogP contribution is 2.12. The van der Waals surface area contributed by atoms with Crippen LogP contribution in [0.1, 0.15) is 26.2 Å². The Balaban J connectivity index is 1.72. The van der Waals surface area contributed by atoms with Crippen LogP contribution in [0.25, 0.3) is 0 Å². The molecule has 0 saturated carbocycles. The van der Waals surface area contributed by atoms with Gasteiger partial charge in [0.2, 0.25) is 5.91 Å². The van der Waals surface area contributed by atoms with Gasteiger partial charge in [-0.1, -0.05) is 6.92 Å². The molecule has 4 nitrogen and oxygen atoms in total. The minimum absolute atomic E-state index is 0.321. The van der Waals surface area contributed by atoms with Crippen LogP contribution in [0.5, 0.6) is 0 Å². The summed E-state index contributed by atoms with van der Waals surface area (Å²) in [5.41, 5.74) is 0. The van der Waals surface area contributed by atoms with Gasteiger partial charge in [0.15, 0.2) is 0 Å². The van der Waals surface area contributed by atoms with E-state index in [1.165, 1.54) is 19.3 Å². The highest BCUT2D eigenvalue weighted by atomic mass is 16.2. The van der Waals surface area contributed by atoms with Crippen molar-refractivity contribution >= 4 is 5.91 Å². The predicted octanol–water partition coefficient (Wildman–Crippen LogP) is 0.540. The molecular formula is C13H25N3O. The zero-order chi connectivity index (χ0) is 12.1. The van der Waals surface area contributed by atoms with Gasteiger partial charge >= 0.3 is 0 Å². The maximum atomic E-state index is 11.9. The lowest BCUT2D eigenvalue weighted by Gasteiger charge is -2.34. The van der Waals surface area contributed by atoms with Gasteiger partial charge in [-0.25, -0.2) is 0 Å². The molecule has 0 aliphatic carbocycles. The fraction of sp³-hybridized carbons (Fsp3) is 0.923. The first kappa shape index (κ1) is 12.8. The first-order chi connectivity index (χ1) is 8.29. The number of hydrogen-bond donors (Lipinski definition) is 1. The van der Waals surface area contributed by atoms with Crippen LogP contribution in [-0.4, -0.2) is 61.5 Å². The van der Waals surface area contributed by atoms with Crippen molar-refractivity contribution in [1.82, 2.24) is 15.1 Å². The van der Waals surface area contributed by atoms with E-state index >= 15 is 0 Å². The summed E-state index contributed by atoms with van der Waals surface area (Å²) in [5.74, 6) is 1.05. The van der Waals surface area contributed by atoms with Crippen molar-refractivity contribution in [3.63, 3.8) is 0 Å². The summed E-state index contributed by atoms with van der Waals surface area (Å²) >= 11 is 0. The molecule has 1 N–H and O–H groups in total. The Morgan fingerprint density at radius 2 is 2.24 bits per heavy atom. The van der Waals surface area contributed by atoms with E-state index in [0.29, 0.717) is 12.5 Å². The highest BCUT2D eigenvalue weighted by Gasteiger charge is 2.23. The van der Waals surface area contributed by atoms with Gasteiger partial charge < -0.3 is 10.2 Å². The molecule has 2 saturated heterocycles. The summed E-state index contributed by atoms with van der Waals surface area (Å²) in [6.07, 6.45) is 3.77. The molecule has 2 aliphatic rings. The quantitative estimate of drug-likeness (QED) is 0.760. The molecule has 2 aliphatic heterocycles. The van der Waals surface area contributed by atoms with Gasteiger partial charge in [0.1, 0.15) is 0 Å². The molecule has 1 amide bonds. The summed E-state index contributed by atoms with van der Waals surface area (Å²) in [4.78, 5) is 16.2. The number of carbonyl (C=O) groups excluding carboxylic acids is 1. The standard InChI is InChI=1S/C13H25N3O/c1-2-15(10-12-5-3-6-14-9-12)11-13(17)16-7-4-8-16/h12,14H,2-11H2,1H3. The summed E-state index contributed by atoms with van der Waals surface area (Å²) in [7, 11) is 0. The number of nitrogens with zero attached hydrogens (tertiary/aromatic N) is 2. The number of likely N-dealkylation sites (tertiary alicyclic amines) is 1. The van der Waals surface area contributed by atoms with Crippen LogP contribution in [0.4, 0.5) is 0 Å². The molecule has 0 aromatic carbocycles. The lowest BCUT2D eigenvalue weighted by molar-refractivity contribution is -0.135. The van der Waals surface area contributed by atoms with E-state index in [-0.39, 0.29) is 0 Å². The van der Waals surface area contributed by atoms with Crippen LogP contribution < -0.4 is 5.32 Å². The molecule has 2 heterocycles. The molecule has 0 aromatic heterocycles. The van der Waals surface area contributed by atoms with Gasteiger partial charge in [0, 0.05) is 19.6 Å². The lowest BCUT2D eigenvalue weighted by Crippen LogP contribution is -2.48. The van der Waals surface area contributed by atoms with Gasteiger partial charge in [-0.05, 0) is 44.8 Å². The maximum Gasteiger partial charge on any atom is 0.236 e. The van der Waals surface area contributed by atoms with Crippen molar-refractivity contribution in [2.75, 3.05) is 45.8 Å². The van der Waals surface area contributed by atoms with E-state index in [4.69, 9.17) is 0 Å². The minimum Gasteiger partial charge on any atom is -0.341 e. The van der Waals surface area contributed by atoms with E-state index in [0.717, 1.165) is 45.2 Å². The number of rotatable bonds is 5. The summed E-state index contributed by atoms with van der Waals surface area (Å²) in [5, 5.41) is 3.44. The largest absolute Gasteiger partial charge is 0.341 e. The summed E-state index contributed by atoms with van der Waals surface area (Å²) in [6.45, 7) is 9.05. The molecule has 4 heteroatoms. The average Bonchev–Trinajstić information content (AvgIpc) is 2.27. The molecule has 0 spiro atoms. The molecule has 1 atom stereocenters. The number of amides is 1. The average molecular weight is 239 g/mol. The smallest absolute Gasteiger partial charge is 0.236 e. The Kier molecular flexibility index (Phi) is 4.80. The van der Waals surface area contributed by atoms with E-state index in [2.05, 4.69) is 17.1 Å². The molecule has 0 aromatic rings. The highest BCUT2D eigenvalue weighted by molar-refractivity contribution is 5.78. The van der Waals surface area contributed by atoms with Gasteiger partial charge in [-0.2, -0.15) is 0 Å². The molecule has 0 bridgehead atoms. The van der Waals surface area contributed by atoms with Crippen LogP contribution in [0.3, 0.4) is 0 Å². The van der Waals surface area contributed by atoms with Crippen LogP contribution >= 0.6 is 0 Å². The number of nitrogens with one attached hydrogen (secondary N) is 1. The summed E-state index contributed by atoms with van der Waals surface area (Å²) < 4.78 is 0. The second kappa shape index (κ2) is 6.36. The molecule has 2 rings (SSSR count). The van der Waals surface area contributed by atoms with Crippen LogP contribution in [0.2, 0.25) is 0 Å². The van der Waals surface area contributed by atoms with Crippen molar-refractivity contribution in [2.24, 2.45) is 5.92 Å². The van der Waals surface area contributed by atoms with E-state index in [1.54, 1.807) is 0 Å². The third kappa shape index (κ3) is 3.68. The first-order valence-corrected chi connectivity index (χ1v) is 7.00. The fourth-order valence-corrected chi connectivity index (χ4v) is 2.61. The van der Waals surface area contributed by atoms with E-state index in [1.807, 2.05) is 4.90 Å². The molecule has 98 valence electrons. The number of piperidine rings is 1. The van der Waals surface area contributed by atoms with Crippen LogP contribution in [-0.2, 0) is 4.79 Å². The van der Waals surface area contributed by atoms with Gasteiger partial charge in [-0.15, -0.1) is 0 Å². The van der Waals surface area contributed by atoms with Gasteiger partial charge in [0.05, 0.1) is 6.54 Å². The lowest BCUT2D eigenvalue weighted by atomic mass is 9.99. The fourth-order valence-electron chi connectivity index (χ4n) is 2.61. The molecule has 17 heavy (non-hydrogen) atoms. The Bertz CT molecular complexity index is 247. The Morgan fingerprint density at radius 1 is 1.41 bits per heavy atom. The van der Waals surface area contributed by atoms with Crippen LogP contribution in [0, 0.1) is 5.92 Å². The van der Waals surface area contributed by atoms with Gasteiger partial charge in [0.25, 0.3) is 0 Å². The third-order valence-electron chi connectivity index (χ3n) is 3.93. The number of carbonyl (C=O) groups is 1. The van der Waals surface area contributed by atoms with Crippen molar-refractivity contribution in [3.8, 4) is 0 Å². The predicted molar refractivity (Wildman–Crippen MR) is 68.9 cm³/mol. The maximum absolute atomic E-state index is 11.9. The van der Waals surface area contributed by atoms with Gasteiger partial charge in [-0.3, -0.25) is 9.69 Å². The van der Waals surface area contributed by atoms with E-state index in [9.17, 15) is 4.79 Å². The van der Waals surface area contributed by atoms with Crippen molar-refractivity contribution < 1.29 is 4.79 Å². The number of hydrogen-bond acceptors (Lipinski definition) is 3. The zero-order valence-electron chi connectivity index (χ0n) is 11.0. The van der Waals surface area contributed by atoms with Crippen molar-refractivity contribution in [3.05, 3.63) is 0 Å². The SMILES string of the molecule is CCN(CC(=O)N1CCC1)CC1CCCNC1. The molecule has 1 unspecified atom stereocenters. The first-order valence-electron chi connectivity index (χ1n) is 7.00. The zero-order valence-corrected chi connectivity index (χ0v) is 11.0. The Labute approximate surface area is 104 Å². The second-order valence-corrected chi connectivity index (χ2v) is 5.27. The molecule has 0 radical (unpaired) electrons. The van der Waals surface area contributed by atoms with Crippen molar-refractivity contribution in [2.45, 2.75) is 26.2 Å². The number of likely N-dealkylation sites (N-methyl/N-ethyl adjacent to an activating group) is 1. The van der Waals surface area contributed by atoms with E-state index < -0.39 is 0 Å². The van der Waals surface area contributed by atoms with Crippen molar-refractivity contribution in [1.29, 1.82) is 0 Å². The Hall–Kier alpha value is -0.610. The summed E-state index contributed by atoms with van der Waals surface area (Å²) in [6, 6.07) is 0.